The van der Waals surface area contributed by atoms with Crippen LogP contribution in [0.5, 0.6) is 5.75 Å². The number of carbonyl (C=O) groups excluding carboxylic acids is 1. The molecule has 0 aliphatic rings. The van der Waals surface area contributed by atoms with Crippen LogP contribution in [0.3, 0.4) is 0 Å². The monoisotopic (exact) mass is 368 g/mol. The van der Waals surface area contributed by atoms with Crippen LogP contribution in [-0.2, 0) is 19.3 Å². The van der Waals surface area contributed by atoms with Crippen molar-refractivity contribution < 1.29 is 9.53 Å². The predicted molar refractivity (Wildman–Crippen MR) is 108 cm³/mol. The van der Waals surface area contributed by atoms with Crippen molar-refractivity contribution >= 4 is 5.97 Å². The lowest BCUT2D eigenvalue weighted by atomic mass is 10.1. The Morgan fingerprint density at radius 1 is 1.00 bits per heavy atom. The number of rotatable bonds is 7. The molecule has 0 fully saturated rings. The number of aromatic nitrogens is 1. The minimum absolute atomic E-state index is 0.405. The van der Waals surface area contributed by atoms with E-state index in [9.17, 15) is 4.79 Å². The highest BCUT2D eigenvalue weighted by molar-refractivity contribution is 5.91. The van der Waals surface area contributed by atoms with Crippen molar-refractivity contribution in [1.82, 2.24) is 4.98 Å². The Labute approximate surface area is 164 Å². The van der Waals surface area contributed by atoms with Crippen LogP contribution in [0.2, 0.25) is 0 Å². The largest absolute Gasteiger partial charge is 0.421 e. The Kier molecular flexibility index (Phi) is 6.33. The minimum atomic E-state index is -0.405. The Bertz CT molecular complexity index is 983. The van der Waals surface area contributed by atoms with Crippen LogP contribution >= 0.6 is 0 Å². The van der Waals surface area contributed by atoms with E-state index in [1.54, 1.807) is 24.4 Å². The lowest BCUT2D eigenvalue weighted by Crippen LogP contribution is -2.09. The van der Waals surface area contributed by atoms with Gasteiger partial charge in [0.15, 0.2) is 0 Å². The molecular formula is C24H20N2O2. The Morgan fingerprint density at radius 2 is 1.71 bits per heavy atom. The summed E-state index contributed by atoms with van der Waals surface area (Å²) in [5, 5.41) is 8.83. The molecule has 0 aliphatic carbocycles. The third-order valence-corrected chi connectivity index (χ3v) is 4.33. The van der Waals surface area contributed by atoms with Gasteiger partial charge in [0, 0.05) is 5.69 Å². The highest BCUT2D eigenvalue weighted by Crippen LogP contribution is 2.14. The summed E-state index contributed by atoms with van der Waals surface area (Å²) in [5.41, 5.74) is 4.31. The average Bonchev–Trinajstić information content (AvgIpc) is 2.74. The maximum absolute atomic E-state index is 12.2. The minimum Gasteiger partial charge on any atom is -0.421 e. The normalized spacial score (nSPS) is 10.1. The fourth-order valence-electron chi connectivity index (χ4n) is 2.75. The highest BCUT2D eigenvalue weighted by atomic mass is 16.5. The maximum Gasteiger partial charge on any atom is 0.343 e. The van der Waals surface area contributed by atoms with Gasteiger partial charge in [-0.1, -0.05) is 30.3 Å². The zero-order valence-electron chi connectivity index (χ0n) is 15.5. The molecule has 0 amide bonds. The van der Waals surface area contributed by atoms with Gasteiger partial charge in [-0.3, -0.25) is 4.98 Å². The molecule has 138 valence electrons. The lowest BCUT2D eigenvalue weighted by Gasteiger charge is -2.06. The van der Waals surface area contributed by atoms with Crippen molar-refractivity contribution in [2.45, 2.75) is 19.3 Å². The Hall–Kier alpha value is -3.71. The van der Waals surface area contributed by atoms with Crippen molar-refractivity contribution in [3.05, 3.63) is 107 Å². The van der Waals surface area contributed by atoms with Crippen LogP contribution in [-0.4, -0.2) is 11.0 Å². The third-order valence-electron chi connectivity index (χ3n) is 4.33. The number of hydrogen-bond donors (Lipinski definition) is 0. The molecule has 0 saturated carbocycles. The van der Waals surface area contributed by atoms with Crippen LogP contribution in [0.4, 0.5) is 0 Å². The maximum atomic E-state index is 12.2. The second kappa shape index (κ2) is 9.29. The molecule has 0 N–H and O–H groups in total. The number of ether oxygens (including phenoxy) is 1. The van der Waals surface area contributed by atoms with Crippen LogP contribution in [0.1, 0.15) is 32.7 Å². The number of benzene rings is 2. The number of hydrogen-bond acceptors (Lipinski definition) is 4. The summed E-state index contributed by atoms with van der Waals surface area (Å²) in [6.07, 6.45) is 5.75. The van der Waals surface area contributed by atoms with Gasteiger partial charge in [0.05, 0.1) is 23.4 Å². The standard InChI is InChI=1S/C24H20N2O2/c1-2-3-18-8-11-21(12-9-18)24(27)28-23-15-14-22(26-17-23)13-10-19-4-6-20(16-25)7-5-19/h2,4-9,11-12,14-15,17H,1,3,10,13H2. The molecule has 28 heavy (non-hydrogen) atoms. The average molecular weight is 368 g/mol. The predicted octanol–water partition coefficient (Wildman–Crippen LogP) is 4.69. The summed E-state index contributed by atoms with van der Waals surface area (Å²) in [6.45, 7) is 3.70. The first-order valence-corrected chi connectivity index (χ1v) is 9.04. The summed E-state index contributed by atoms with van der Waals surface area (Å²) in [4.78, 5) is 16.6. The molecule has 4 heteroatoms. The summed E-state index contributed by atoms with van der Waals surface area (Å²) < 4.78 is 5.39. The second-order valence-electron chi connectivity index (χ2n) is 6.37. The van der Waals surface area contributed by atoms with E-state index in [2.05, 4.69) is 17.6 Å². The Balaban J connectivity index is 1.55. The quantitative estimate of drug-likeness (QED) is 0.448. The summed E-state index contributed by atoms with van der Waals surface area (Å²) in [6, 6.07) is 20.5. The molecule has 0 spiro atoms. The third kappa shape index (κ3) is 5.15. The molecule has 3 rings (SSSR count). The molecule has 4 nitrogen and oxygen atoms in total. The van der Waals surface area contributed by atoms with E-state index < -0.39 is 5.97 Å². The summed E-state index contributed by atoms with van der Waals surface area (Å²) >= 11 is 0. The van der Waals surface area contributed by atoms with Crippen LogP contribution in [0.15, 0.2) is 79.5 Å². The van der Waals surface area contributed by atoms with E-state index in [-0.39, 0.29) is 0 Å². The van der Waals surface area contributed by atoms with Gasteiger partial charge in [-0.05, 0) is 66.8 Å². The zero-order chi connectivity index (χ0) is 19.8. The first-order valence-electron chi connectivity index (χ1n) is 9.04. The van der Waals surface area contributed by atoms with Gasteiger partial charge in [0.1, 0.15) is 5.75 Å². The van der Waals surface area contributed by atoms with Gasteiger partial charge >= 0.3 is 5.97 Å². The second-order valence-corrected chi connectivity index (χ2v) is 6.37. The van der Waals surface area contributed by atoms with Crippen molar-refractivity contribution in [3.8, 4) is 11.8 Å². The van der Waals surface area contributed by atoms with Gasteiger partial charge in [-0.15, -0.1) is 6.58 Å². The lowest BCUT2D eigenvalue weighted by molar-refractivity contribution is 0.0734. The number of aryl methyl sites for hydroxylation is 2. The van der Waals surface area contributed by atoms with Crippen molar-refractivity contribution in [3.63, 3.8) is 0 Å². The van der Waals surface area contributed by atoms with Gasteiger partial charge in [0.25, 0.3) is 0 Å². The molecule has 0 bridgehead atoms. The fraction of sp³-hybridized carbons (Fsp3) is 0.125. The van der Waals surface area contributed by atoms with Crippen molar-refractivity contribution in [2.24, 2.45) is 0 Å². The van der Waals surface area contributed by atoms with E-state index >= 15 is 0 Å². The number of esters is 1. The van der Waals surface area contributed by atoms with Gasteiger partial charge < -0.3 is 4.74 Å². The number of carbonyl (C=O) groups is 1. The van der Waals surface area contributed by atoms with Crippen LogP contribution in [0.25, 0.3) is 0 Å². The first-order chi connectivity index (χ1) is 13.7. The number of pyridine rings is 1. The number of allylic oxidation sites excluding steroid dienone is 1. The molecule has 1 aromatic heterocycles. The SMILES string of the molecule is C=CCc1ccc(C(=O)Oc2ccc(CCc3ccc(C#N)cc3)nc2)cc1. The van der Waals surface area contributed by atoms with E-state index in [1.165, 1.54) is 0 Å². The summed E-state index contributed by atoms with van der Waals surface area (Å²) in [7, 11) is 0. The highest BCUT2D eigenvalue weighted by Gasteiger charge is 2.09. The molecular weight excluding hydrogens is 348 g/mol. The van der Waals surface area contributed by atoms with Crippen LogP contribution in [0, 0.1) is 11.3 Å². The molecule has 0 saturated heterocycles. The molecule has 3 aromatic rings. The van der Waals surface area contributed by atoms with Crippen molar-refractivity contribution in [1.29, 1.82) is 5.26 Å². The summed E-state index contributed by atoms with van der Waals surface area (Å²) in [5.74, 6) is 0.0135. The van der Waals surface area contributed by atoms with Gasteiger partial charge in [-0.2, -0.15) is 5.26 Å². The molecule has 0 radical (unpaired) electrons. The van der Waals surface area contributed by atoms with E-state index in [0.29, 0.717) is 16.9 Å². The molecule has 0 aliphatic heterocycles. The topological polar surface area (TPSA) is 63.0 Å². The zero-order valence-corrected chi connectivity index (χ0v) is 15.5. The van der Waals surface area contributed by atoms with Gasteiger partial charge in [0.2, 0.25) is 0 Å². The molecule has 2 aromatic carbocycles. The molecule has 0 atom stereocenters. The number of nitrogens with zero attached hydrogens (tertiary/aromatic N) is 2. The Morgan fingerprint density at radius 3 is 2.32 bits per heavy atom. The number of nitriles is 1. The van der Waals surface area contributed by atoms with Crippen molar-refractivity contribution in [2.75, 3.05) is 0 Å². The van der Waals surface area contributed by atoms with Gasteiger partial charge in [-0.25, -0.2) is 4.79 Å². The first kappa shape index (κ1) is 19.1. The van der Waals surface area contributed by atoms with E-state index in [0.717, 1.165) is 36.1 Å². The smallest absolute Gasteiger partial charge is 0.343 e. The molecule has 0 unspecified atom stereocenters. The van der Waals surface area contributed by atoms with Crippen LogP contribution < -0.4 is 4.74 Å². The van der Waals surface area contributed by atoms with E-state index in [4.69, 9.17) is 10.00 Å². The molecule has 1 heterocycles. The van der Waals surface area contributed by atoms with E-state index in [1.807, 2.05) is 48.5 Å². The fourth-order valence-corrected chi connectivity index (χ4v) is 2.75.